The van der Waals surface area contributed by atoms with E-state index in [0.29, 0.717) is 6.10 Å². The Morgan fingerprint density at radius 1 is 1.67 bits per heavy atom. The third-order valence-corrected chi connectivity index (χ3v) is 1.84. The van der Waals surface area contributed by atoms with Gasteiger partial charge < -0.3 is 4.74 Å². The van der Waals surface area contributed by atoms with Crippen molar-refractivity contribution in [1.29, 1.82) is 0 Å². The lowest BCUT2D eigenvalue weighted by Gasteiger charge is -2.09. The van der Waals surface area contributed by atoms with E-state index < -0.39 is 0 Å². The topological polar surface area (TPSA) is 23.2 Å². The molecular formula is C7H10NO+. The number of rotatable bonds is 0. The Bertz CT molecular complexity index is 172. The molecule has 0 aromatic carbocycles. The number of ether oxygens (including phenoxy) is 1. The summed E-state index contributed by atoms with van der Waals surface area (Å²) in [5.41, 5.74) is 1.27. The summed E-state index contributed by atoms with van der Waals surface area (Å²) < 4.78 is 5.25. The largest absolute Gasteiger partial charge is 0.435 e. The van der Waals surface area contributed by atoms with Gasteiger partial charge in [-0.05, 0) is 25.3 Å². The van der Waals surface area contributed by atoms with Gasteiger partial charge in [0.05, 0.1) is 0 Å². The number of nitrogens with one attached hydrogen (secondary N) is 1. The molecule has 48 valence electrons. The lowest BCUT2D eigenvalue weighted by molar-refractivity contribution is -0.388. The molecule has 0 saturated heterocycles. The minimum atomic E-state index is 0.360. The highest BCUT2D eigenvalue weighted by Crippen LogP contribution is 2.16. The van der Waals surface area contributed by atoms with Crippen LogP contribution in [-0.4, -0.2) is 12.5 Å². The Balaban J connectivity index is 2.23. The summed E-state index contributed by atoms with van der Waals surface area (Å²) in [5, 5.41) is 0. The lowest BCUT2D eigenvalue weighted by atomic mass is 10.0. The van der Waals surface area contributed by atoms with E-state index >= 15 is 0 Å². The van der Waals surface area contributed by atoms with Gasteiger partial charge in [0.1, 0.15) is 0 Å². The summed E-state index contributed by atoms with van der Waals surface area (Å²) in [6.07, 6.45) is 7.91. The molecular weight excluding hydrogens is 114 g/mol. The van der Waals surface area contributed by atoms with E-state index in [0.717, 1.165) is 0 Å². The zero-order valence-corrected chi connectivity index (χ0v) is 5.26. The van der Waals surface area contributed by atoms with Crippen LogP contribution >= 0.6 is 0 Å². The first-order valence-electron chi connectivity index (χ1n) is 3.40. The van der Waals surface area contributed by atoms with Gasteiger partial charge in [-0.15, -0.1) is 0 Å². The molecule has 2 rings (SSSR count). The Labute approximate surface area is 54.2 Å². The van der Waals surface area contributed by atoms with E-state index in [1.807, 2.05) is 0 Å². The maximum Gasteiger partial charge on any atom is 0.328 e. The molecule has 2 nitrogen and oxygen atoms in total. The average Bonchev–Trinajstić information content (AvgIpc) is 2.33. The molecule has 0 spiro atoms. The number of hydrogen-bond acceptors (Lipinski definition) is 1. The SMILES string of the molecule is C1=[NH+]C2=CCCCC2O1. The predicted octanol–water partition coefficient (Wildman–Crippen LogP) is -0.438. The van der Waals surface area contributed by atoms with Crippen molar-refractivity contribution in [1.82, 2.24) is 0 Å². The van der Waals surface area contributed by atoms with E-state index in [4.69, 9.17) is 4.74 Å². The molecule has 2 heteroatoms. The molecule has 0 amide bonds. The first-order chi connectivity index (χ1) is 4.47. The van der Waals surface area contributed by atoms with Crippen molar-refractivity contribution >= 4 is 6.40 Å². The molecule has 0 aromatic heterocycles. The number of allylic oxidation sites excluding steroid dienone is 1. The maximum absolute atomic E-state index is 5.25. The van der Waals surface area contributed by atoms with Crippen molar-refractivity contribution in [2.45, 2.75) is 25.4 Å². The van der Waals surface area contributed by atoms with Crippen LogP contribution in [0.2, 0.25) is 0 Å². The van der Waals surface area contributed by atoms with Crippen molar-refractivity contribution in [2.24, 2.45) is 0 Å². The van der Waals surface area contributed by atoms with Gasteiger partial charge in [-0.2, -0.15) is 4.99 Å². The summed E-state index contributed by atoms with van der Waals surface area (Å²) in [6.45, 7) is 0. The number of fused-ring (bicyclic) bond motifs is 1. The van der Waals surface area contributed by atoms with Crippen molar-refractivity contribution < 1.29 is 9.73 Å². The summed E-state index contributed by atoms with van der Waals surface area (Å²) in [5.74, 6) is 0. The fraction of sp³-hybridized carbons (Fsp3) is 0.571. The molecule has 1 atom stereocenters. The van der Waals surface area contributed by atoms with Crippen LogP contribution in [0.4, 0.5) is 0 Å². The fourth-order valence-electron chi connectivity index (χ4n) is 1.33. The molecule has 1 heterocycles. The third-order valence-electron chi connectivity index (χ3n) is 1.84. The molecule has 1 aliphatic heterocycles. The summed E-state index contributed by atoms with van der Waals surface area (Å²) in [6, 6.07) is 0. The Morgan fingerprint density at radius 2 is 2.67 bits per heavy atom. The van der Waals surface area contributed by atoms with E-state index in [2.05, 4.69) is 11.1 Å². The zero-order chi connectivity index (χ0) is 6.10. The Hall–Kier alpha value is -0.790. The Morgan fingerprint density at radius 3 is 3.56 bits per heavy atom. The van der Waals surface area contributed by atoms with Gasteiger partial charge in [-0.1, -0.05) is 0 Å². The highest BCUT2D eigenvalue weighted by Gasteiger charge is 2.26. The molecule has 9 heavy (non-hydrogen) atoms. The van der Waals surface area contributed by atoms with Crippen molar-refractivity contribution in [2.75, 3.05) is 0 Å². The Kier molecular flexibility index (Phi) is 1.04. The van der Waals surface area contributed by atoms with Crippen LogP contribution < -0.4 is 4.99 Å². The van der Waals surface area contributed by atoms with Crippen LogP contribution in [0.15, 0.2) is 11.8 Å². The normalized spacial score (nSPS) is 31.1. The van der Waals surface area contributed by atoms with Crippen molar-refractivity contribution in [3.05, 3.63) is 11.8 Å². The molecule has 0 saturated carbocycles. The quantitative estimate of drug-likeness (QED) is 0.465. The molecule has 1 N–H and O–H groups in total. The molecule has 1 unspecified atom stereocenters. The number of hydrogen-bond donors (Lipinski definition) is 1. The highest BCUT2D eigenvalue weighted by atomic mass is 16.5. The van der Waals surface area contributed by atoms with Crippen LogP contribution in [0.3, 0.4) is 0 Å². The first-order valence-corrected chi connectivity index (χ1v) is 3.40. The van der Waals surface area contributed by atoms with Gasteiger partial charge in [0.15, 0.2) is 6.10 Å². The molecule has 0 aromatic rings. The van der Waals surface area contributed by atoms with Crippen LogP contribution in [0.1, 0.15) is 19.3 Å². The minimum Gasteiger partial charge on any atom is -0.435 e. The molecule has 1 aliphatic carbocycles. The third kappa shape index (κ3) is 0.745. The molecule has 2 aliphatic rings. The molecule has 0 radical (unpaired) electrons. The van der Waals surface area contributed by atoms with Crippen molar-refractivity contribution in [3.63, 3.8) is 0 Å². The fourth-order valence-corrected chi connectivity index (χ4v) is 1.33. The van der Waals surface area contributed by atoms with Gasteiger partial charge in [0.2, 0.25) is 5.70 Å². The van der Waals surface area contributed by atoms with Gasteiger partial charge >= 0.3 is 6.40 Å². The van der Waals surface area contributed by atoms with Crippen LogP contribution in [0.25, 0.3) is 0 Å². The smallest absolute Gasteiger partial charge is 0.328 e. The van der Waals surface area contributed by atoms with E-state index in [9.17, 15) is 0 Å². The first kappa shape index (κ1) is 5.03. The van der Waals surface area contributed by atoms with Crippen molar-refractivity contribution in [3.8, 4) is 0 Å². The van der Waals surface area contributed by atoms with Gasteiger partial charge in [0.25, 0.3) is 0 Å². The van der Waals surface area contributed by atoms with Gasteiger partial charge in [-0.3, -0.25) is 0 Å². The second kappa shape index (κ2) is 1.87. The maximum atomic E-state index is 5.25. The summed E-state index contributed by atoms with van der Waals surface area (Å²) in [4.78, 5) is 3.07. The highest BCUT2D eigenvalue weighted by molar-refractivity contribution is 5.43. The van der Waals surface area contributed by atoms with Crippen LogP contribution in [0.5, 0.6) is 0 Å². The standard InChI is InChI=1S/C7H9NO/c1-2-4-7-6(3-1)8-5-9-7/h3,5,7H,1-2,4H2/p+1. The van der Waals surface area contributed by atoms with E-state index in [1.54, 1.807) is 6.40 Å². The monoisotopic (exact) mass is 124 g/mol. The summed E-state index contributed by atoms with van der Waals surface area (Å²) in [7, 11) is 0. The molecule has 0 fully saturated rings. The van der Waals surface area contributed by atoms with Crippen LogP contribution in [-0.2, 0) is 4.74 Å². The average molecular weight is 124 g/mol. The second-order valence-electron chi connectivity index (χ2n) is 2.48. The lowest BCUT2D eigenvalue weighted by Crippen LogP contribution is -2.64. The summed E-state index contributed by atoms with van der Waals surface area (Å²) >= 11 is 0. The molecule has 0 bridgehead atoms. The van der Waals surface area contributed by atoms with Gasteiger partial charge in [-0.25, -0.2) is 0 Å². The predicted molar refractivity (Wildman–Crippen MR) is 33.8 cm³/mol. The zero-order valence-electron chi connectivity index (χ0n) is 5.26. The van der Waals surface area contributed by atoms with Gasteiger partial charge in [0, 0.05) is 0 Å². The second-order valence-corrected chi connectivity index (χ2v) is 2.48. The van der Waals surface area contributed by atoms with Crippen LogP contribution in [0, 0.1) is 0 Å². The van der Waals surface area contributed by atoms with E-state index in [1.165, 1.54) is 25.0 Å². The minimum absolute atomic E-state index is 0.360. The van der Waals surface area contributed by atoms with E-state index in [-0.39, 0.29) is 0 Å².